The quantitative estimate of drug-likeness (QED) is 0.460. The van der Waals surface area contributed by atoms with Crippen LogP contribution in [0.5, 0.6) is 5.75 Å². The number of phenolic OH excluding ortho intramolecular Hbond substituents is 1. The highest BCUT2D eigenvalue weighted by Crippen LogP contribution is 2.21. The summed E-state index contributed by atoms with van der Waals surface area (Å²) < 4.78 is 0. The van der Waals surface area contributed by atoms with E-state index in [2.05, 4.69) is 15.8 Å². The number of carbonyl (C=O) groups excluding carboxylic acids is 2. The molecule has 24 heavy (non-hydrogen) atoms. The number of hydrogen-bond donors (Lipinski definition) is 3. The van der Waals surface area contributed by atoms with Crippen molar-refractivity contribution in [2.24, 2.45) is 5.10 Å². The van der Waals surface area contributed by atoms with Crippen molar-refractivity contribution in [2.45, 2.75) is 20.8 Å². The van der Waals surface area contributed by atoms with Gasteiger partial charge in [0.1, 0.15) is 5.75 Å². The minimum atomic E-state index is -0.862. The Bertz CT molecular complexity index is 773. The van der Waals surface area contributed by atoms with Crippen molar-refractivity contribution < 1.29 is 14.7 Å². The van der Waals surface area contributed by atoms with Gasteiger partial charge in [0.2, 0.25) is 0 Å². The molecule has 0 unspecified atom stereocenters. The van der Waals surface area contributed by atoms with Crippen LogP contribution in [0.25, 0.3) is 0 Å². The maximum atomic E-state index is 11.8. The van der Waals surface area contributed by atoms with Crippen molar-refractivity contribution in [1.82, 2.24) is 5.43 Å². The van der Waals surface area contributed by atoms with Gasteiger partial charge in [0.05, 0.1) is 6.21 Å². The number of nitrogens with zero attached hydrogens (tertiary/aromatic N) is 1. The van der Waals surface area contributed by atoms with Crippen molar-refractivity contribution >= 4 is 23.7 Å². The summed E-state index contributed by atoms with van der Waals surface area (Å²) in [7, 11) is 0. The van der Waals surface area contributed by atoms with Gasteiger partial charge in [0.25, 0.3) is 0 Å². The minimum Gasteiger partial charge on any atom is -0.507 e. The topological polar surface area (TPSA) is 90.8 Å². The summed E-state index contributed by atoms with van der Waals surface area (Å²) in [4.78, 5) is 23.5. The minimum absolute atomic E-state index is 0.230. The molecule has 6 nitrogen and oxygen atoms in total. The Hall–Kier alpha value is -3.15. The second-order valence-corrected chi connectivity index (χ2v) is 5.52. The summed E-state index contributed by atoms with van der Waals surface area (Å²) >= 11 is 0. The van der Waals surface area contributed by atoms with Crippen LogP contribution in [0, 0.1) is 20.8 Å². The van der Waals surface area contributed by atoms with E-state index in [1.807, 2.05) is 19.1 Å². The van der Waals surface area contributed by atoms with Gasteiger partial charge in [-0.3, -0.25) is 9.59 Å². The van der Waals surface area contributed by atoms with Gasteiger partial charge in [0.15, 0.2) is 0 Å². The van der Waals surface area contributed by atoms with Gasteiger partial charge in [-0.1, -0.05) is 17.7 Å². The summed E-state index contributed by atoms with van der Waals surface area (Å²) in [6, 6.07) is 10.6. The van der Waals surface area contributed by atoms with Crippen LogP contribution in [0.2, 0.25) is 0 Å². The van der Waals surface area contributed by atoms with Crippen LogP contribution >= 0.6 is 0 Å². The van der Waals surface area contributed by atoms with Crippen LogP contribution in [0.15, 0.2) is 41.5 Å². The predicted molar refractivity (Wildman–Crippen MR) is 93.1 cm³/mol. The molecule has 0 spiro atoms. The van der Waals surface area contributed by atoms with E-state index in [4.69, 9.17) is 0 Å². The Morgan fingerprint density at radius 1 is 1.00 bits per heavy atom. The Morgan fingerprint density at radius 3 is 2.17 bits per heavy atom. The van der Waals surface area contributed by atoms with Gasteiger partial charge in [-0.25, -0.2) is 5.43 Å². The fourth-order valence-electron chi connectivity index (χ4n) is 2.10. The summed E-state index contributed by atoms with van der Waals surface area (Å²) in [5, 5.41) is 16.0. The van der Waals surface area contributed by atoms with Crippen molar-refractivity contribution in [1.29, 1.82) is 0 Å². The molecule has 3 N–H and O–H groups in total. The van der Waals surface area contributed by atoms with E-state index in [1.165, 1.54) is 6.21 Å². The number of hydrazone groups is 1. The lowest BCUT2D eigenvalue weighted by atomic mass is 10.1. The third-order valence-electron chi connectivity index (χ3n) is 3.41. The molecule has 0 aliphatic heterocycles. The van der Waals surface area contributed by atoms with E-state index in [1.54, 1.807) is 38.1 Å². The number of amides is 2. The number of aromatic hydroxyl groups is 1. The summed E-state index contributed by atoms with van der Waals surface area (Å²) in [6.07, 6.45) is 1.41. The average Bonchev–Trinajstić information content (AvgIpc) is 2.54. The molecule has 2 aromatic carbocycles. The number of benzene rings is 2. The molecule has 124 valence electrons. The number of aryl methyl sites for hydroxylation is 3. The lowest BCUT2D eigenvalue weighted by molar-refractivity contribution is -0.136. The third kappa shape index (κ3) is 4.42. The first-order chi connectivity index (χ1) is 11.4. The highest BCUT2D eigenvalue weighted by Gasteiger charge is 2.12. The average molecular weight is 325 g/mol. The van der Waals surface area contributed by atoms with Gasteiger partial charge in [0, 0.05) is 5.69 Å². The highest BCUT2D eigenvalue weighted by molar-refractivity contribution is 6.39. The second kappa shape index (κ2) is 7.41. The molecule has 0 aliphatic carbocycles. The molecule has 0 heterocycles. The van der Waals surface area contributed by atoms with E-state index in [-0.39, 0.29) is 5.75 Å². The molecule has 2 rings (SSSR count). The maximum Gasteiger partial charge on any atom is 0.329 e. The number of anilines is 1. The van der Waals surface area contributed by atoms with Gasteiger partial charge < -0.3 is 10.4 Å². The van der Waals surface area contributed by atoms with Gasteiger partial charge in [-0.2, -0.15) is 5.10 Å². The molecule has 0 saturated heterocycles. The van der Waals surface area contributed by atoms with E-state index in [0.29, 0.717) is 22.4 Å². The smallest absolute Gasteiger partial charge is 0.329 e. The number of carbonyl (C=O) groups is 2. The largest absolute Gasteiger partial charge is 0.507 e. The van der Waals surface area contributed by atoms with E-state index < -0.39 is 11.8 Å². The van der Waals surface area contributed by atoms with Crippen LogP contribution in [-0.4, -0.2) is 23.1 Å². The second-order valence-electron chi connectivity index (χ2n) is 5.52. The first-order valence-electron chi connectivity index (χ1n) is 7.38. The highest BCUT2D eigenvalue weighted by atomic mass is 16.3. The SMILES string of the molecule is Cc1ccc(NC(=O)C(=O)N/N=C/c2cc(C)c(O)c(C)c2)cc1. The van der Waals surface area contributed by atoms with E-state index in [9.17, 15) is 14.7 Å². The molecule has 0 atom stereocenters. The monoisotopic (exact) mass is 325 g/mol. The van der Waals surface area contributed by atoms with Crippen molar-refractivity contribution in [2.75, 3.05) is 5.32 Å². The standard InChI is InChI=1S/C18H19N3O3/c1-11-4-6-15(7-5-11)20-17(23)18(24)21-19-10-14-8-12(2)16(22)13(3)9-14/h4-10,22H,1-3H3,(H,20,23)(H,21,24)/b19-10+. The van der Waals surface area contributed by atoms with Gasteiger partial charge in [-0.05, 0) is 61.7 Å². The Labute approximate surface area is 140 Å². The molecule has 0 aliphatic rings. The normalized spacial score (nSPS) is 10.6. The molecule has 0 bridgehead atoms. The first-order valence-corrected chi connectivity index (χ1v) is 7.38. The lowest BCUT2D eigenvalue weighted by Gasteiger charge is -2.05. The van der Waals surface area contributed by atoms with Gasteiger partial charge >= 0.3 is 11.8 Å². The Balaban J connectivity index is 1.94. The molecule has 0 radical (unpaired) electrons. The molecule has 2 amide bonds. The molecule has 0 saturated carbocycles. The zero-order valence-corrected chi connectivity index (χ0v) is 13.8. The van der Waals surface area contributed by atoms with Crippen LogP contribution in [-0.2, 0) is 9.59 Å². The van der Waals surface area contributed by atoms with E-state index >= 15 is 0 Å². The molecule has 6 heteroatoms. The van der Waals surface area contributed by atoms with Crippen molar-refractivity contribution in [3.63, 3.8) is 0 Å². The van der Waals surface area contributed by atoms with Crippen LogP contribution in [0.3, 0.4) is 0 Å². The van der Waals surface area contributed by atoms with Crippen LogP contribution < -0.4 is 10.7 Å². The van der Waals surface area contributed by atoms with Crippen LogP contribution in [0.1, 0.15) is 22.3 Å². The fraction of sp³-hybridized carbons (Fsp3) is 0.167. The predicted octanol–water partition coefficient (Wildman–Crippen LogP) is 2.41. The Kier molecular flexibility index (Phi) is 5.31. The fourth-order valence-corrected chi connectivity index (χ4v) is 2.10. The number of nitrogens with one attached hydrogen (secondary N) is 2. The van der Waals surface area contributed by atoms with Crippen molar-refractivity contribution in [3.05, 3.63) is 58.7 Å². The molecular weight excluding hydrogens is 306 g/mol. The Morgan fingerprint density at radius 2 is 1.58 bits per heavy atom. The zero-order chi connectivity index (χ0) is 17.7. The maximum absolute atomic E-state index is 11.8. The van der Waals surface area contributed by atoms with Gasteiger partial charge in [-0.15, -0.1) is 0 Å². The van der Waals surface area contributed by atoms with Crippen molar-refractivity contribution in [3.8, 4) is 5.75 Å². The molecule has 0 aromatic heterocycles. The van der Waals surface area contributed by atoms with Crippen LogP contribution in [0.4, 0.5) is 5.69 Å². The lowest BCUT2D eigenvalue weighted by Crippen LogP contribution is -2.32. The summed E-state index contributed by atoms with van der Waals surface area (Å²) in [5.74, 6) is -1.43. The summed E-state index contributed by atoms with van der Waals surface area (Å²) in [5.41, 5.74) is 5.89. The zero-order valence-electron chi connectivity index (χ0n) is 13.8. The summed E-state index contributed by atoms with van der Waals surface area (Å²) in [6.45, 7) is 5.47. The number of hydrogen-bond acceptors (Lipinski definition) is 4. The molecule has 0 fully saturated rings. The number of phenols is 1. The molecular formula is C18H19N3O3. The third-order valence-corrected chi connectivity index (χ3v) is 3.41. The molecule has 2 aromatic rings. The number of rotatable bonds is 3. The van der Waals surface area contributed by atoms with E-state index in [0.717, 1.165) is 5.56 Å². The first kappa shape index (κ1) is 17.2.